The van der Waals surface area contributed by atoms with Crippen molar-refractivity contribution in [2.24, 2.45) is 11.8 Å². The number of likely N-dealkylation sites (tertiary alicyclic amines) is 2. The molecule has 2 fully saturated rings. The van der Waals surface area contributed by atoms with Crippen molar-refractivity contribution >= 4 is 11.9 Å². The molecule has 4 rings (SSSR count). The van der Waals surface area contributed by atoms with E-state index in [0.29, 0.717) is 25.6 Å². The molecule has 7 heteroatoms. The second kappa shape index (κ2) is 7.54. The molecule has 2 aliphatic rings. The quantitative estimate of drug-likeness (QED) is 0.801. The minimum Gasteiger partial charge on any atom is -0.340 e. The lowest BCUT2D eigenvalue weighted by Gasteiger charge is -2.32. The Kier molecular flexibility index (Phi) is 5.06. The van der Waals surface area contributed by atoms with Crippen molar-refractivity contribution in [1.29, 1.82) is 0 Å². The van der Waals surface area contributed by atoms with Crippen LogP contribution < -0.4 is 0 Å². The van der Waals surface area contributed by atoms with Crippen molar-refractivity contribution in [3.63, 3.8) is 0 Å². The van der Waals surface area contributed by atoms with Crippen molar-refractivity contribution in [3.8, 4) is 0 Å². The number of hydrogen-bond donors (Lipinski definition) is 0. The largest absolute Gasteiger partial charge is 0.340 e. The molecule has 154 valence electrons. The Hall–Kier alpha value is -2.83. The van der Waals surface area contributed by atoms with Gasteiger partial charge in [-0.25, -0.2) is 4.79 Å². The molecule has 2 aliphatic heterocycles. The first-order valence-electron chi connectivity index (χ1n) is 10.2. The van der Waals surface area contributed by atoms with E-state index in [0.717, 1.165) is 5.56 Å². The molecule has 2 aromatic rings. The molecule has 0 unspecified atom stereocenters. The highest BCUT2D eigenvalue weighted by Crippen LogP contribution is 2.46. The molecular formula is C22H29N5O2. The Morgan fingerprint density at radius 3 is 2.55 bits per heavy atom. The third-order valence-electron chi connectivity index (χ3n) is 6.21. The van der Waals surface area contributed by atoms with Gasteiger partial charge in [-0.05, 0) is 30.5 Å². The first-order chi connectivity index (χ1) is 13.8. The summed E-state index contributed by atoms with van der Waals surface area (Å²) in [5, 5.41) is 4.24. The molecule has 0 saturated carbocycles. The highest BCUT2D eigenvalue weighted by molar-refractivity contribution is 5.77. The first kappa shape index (κ1) is 19.5. The van der Waals surface area contributed by atoms with Crippen LogP contribution in [0.1, 0.15) is 22.7 Å². The molecule has 29 heavy (non-hydrogen) atoms. The van der Waals surface area contributed by atoms with Crippen LogP contribution in [-0.2, 0) is 11.3 Å². The standard InChI is InChI=1S/C22H29N5O2/c1-15-9-23-26(10-15)14-20(28)25-11-17-12-27(22(29)24(3)4)21(19(17)13-25)18-8-6-5-7-16(18)2/h5-10,17,19,21H,11-14H2,1-4H3/t17-,19-,21+/m1/s1. The monoisotopic (exact) mass is 395 g/mol. The second-order valence-corrected chi connectivity index (χ2v) is 8.57. The van der Waals surface area contributed by atoms with Crippen LogP contribution in [0, 0.1) is 25.7 Å². The van der Waals surface area contributed by atoms with E-state index < -0.39 is 0 Å². The summed E-state index contributed by atoms with van der Waals surface area (Å²) in [4.78, 5) is 31.4. The van der Waals surface area contributed by atoms with Gasteiger partial charge in [-0.2, -0.15) is 5.10 Å². The number of amides is 3. The van der Waals surface area contributed by atoms with Crippen LogP contribution in [0.15, 0.2) is 36.7 Å². The fourth-order valence-corrected chi connectivity index (χ4v) is 4.81. The van der Waals surface area contributed by atoms with E-state index in [1.54, 1.807) is 29.9 Å². The van der Waals surface area contributed by atoms with Crippen molar-refractivity contribution < 1.29 is 9.59 Å². The highest BCUT2D eigenvalue weighted by Gasteiger charge is 2.50. The topological polar surface area (TPSA) is 61.7 Å². The zero-order valence-electron chi connectivity index (χ0n) is 17.6. The summed E-state index contributed by atoms with van der Waals surface area (Å²) in [5.41, 5.74) is 3.42. The number of aryl methyl sites for hydroxylation is 2. The van der Waals surface area contributed by atoms with Crippen molar-refractivity contribution in [2.45, 2.75) is 26.4 Å². The average molecular weight is 396 g/mol. The lowest BCUT2D eigenvalue weighted by molar-refractivity contribution is -0.131. The Morgan fingerprint density at radius 2 is 1.90 bits per heavy atom. The molecule has 3 heterocycles. The minimum atomic E-state index is 0.000785. The molecular weight excluding hydrogens is 366 g/mol. The van der Waals surface area contributed by atoms with Crippen LogP contribution in [0.25, 0.3) is 0 Å². The Labute approximate surface area is 171 Å². The SMILES string of the molecule is Cc1cnn(CC(=O)N2C[C@@H]3CN(C(=O)N(C)C)[C@@H](c4ccccc4C)[C@@H]3C2)c1. The van der Waals surface area contributed by atoms with Gasteiger partial charge in [0.2, 0.25) is 5.91 Å². The number of carbonyl (C=O) groups excluding carboxylic acids is 2. The lowest BCUT2D eigenvalue weighted by atomic mass is 9.88. The van der Waals surface area contributed by atoms with Crippen molar-refractivity contribution in [2.75, 3.05) is 33.7 Å². The Morgan fingerprint density at radius 1 is 1.14 bits per heavy atom. The van der Waals surface area contributed by atoms with Crippen LogP contribution in [0.2, 0.25) is 0 Å². The number of hydrogen-bond acceptors (Lipinski definition) is 3. The summed E-state index contributed by atoms with van der Waals surface area (Å²) in [7, 11) is 3.60. The maximum absolute atomic E-state index is 12.9. The van der Waals surface area contributed by atoms with Gasteiger partial charge < -0.3 is 14.7 Å². The van der Waals surface area contributed by atoms with Gasteiger partial charge in [0.1, 0.15) is 6.54 Å². The maximum Gasteiger partial charge on any atom is 0.320 e. The van der Waals surface area contributed by atoms with Crippen LogP contribution in [0.5, 0.6) is 0 Å². The number of fused-ring (bicyclic) bond motifs is 1. The van der Waals surface area contributed by atoms with E-state index >= 15 is 0 Å². The van der Waals surface area contributed by atoms with E-state index in [9.17, 15) is 9.59 Å². The summed E-state index contributed by atoms with van der Waals surface area (Å²) in [5.74, 6) is 0.645. The highest BCUT2D eigenvalue weighted by atomic mass is 16.2. The zero-order chi connectivity index (χ0) is 20.7. The van der Waals surface area contributed by atoms with E-state index in [1.807, 2.05) is 35.1 Å². The fraction of sp³-hybridized carbons (Fsp3) is 0.500. The van der Waals surface area contributed by atoms with Gasteiger partial charge in [0, 0.05) is 51.8 Å². The fourth-order valence-electron chi connectivity index (χ4n) is 4.81. The number of rotatable bonds is 3. The van der Waals surface area contributed by atoms with E-state index in [1.165, 1.54) is 11.1 Å². The molecule has 1 aromatic heterocycles. The van der Waals surface area contributed by atoms with Crippen molar-refractivity contribution in [3.05, 3.63) is 53.3 Å². The molecule has 7 nitrogen and oxygen atoms in total. The molecule has 3 amide bonds. The molecule has 3 atom stereocenters. The molecule has 0 bridgehead atoms. The zero-order valence-corrected chi connectivity index (χ0v) is 17.6. The summed E-state index contributed by atoms with van der Waals surface area (Å²) in [6.07, 6.45) is 3.66. The smallest absolute Gasteiger partial charge is 0.320 e. The van der Waals surface area contributed by atoms with Gasteiger partial charge in [-0.3, -0.25) is 9.48 Å². The summed E-state index contributed by atoms with van der Waals surface area (Å²) >= 11 is 0. The molecule has 0 aliphatic carbocycles. The molecule has 1 aromatic carbocycles. The Bertz CT molecular complexity index is 921. The van der Waals surface area contributed by atoms with Gasteiger partial charge in [-0.1, -0.05) is 24.3 Å². The predicted octanol–water partition coefficient (Wildman–Crippen LogP) is 2.31. The van der Waals surface area contributed by atoms with E-state index in [4.69, 9.17) is 0 Å². The molecule has 0 radical (unpaired) electrons. The number of aromatic nitrogens is 2. The van der Waals surface area contributed by atoms with Crippen LogP contribution in [0.3, 0.4) is 0 Å². The first-order valence-corrected chi connectivity index (χ1v) is 10.2. The number of nitrogens with zero attached hydrogens (tertiary/aromatic N) is 5. The average Bonchev–Trinajstić information content (AvgIpc) is 3.36. The van der Waals surface area contributed by atoms with E-state index in [2.05, 4.69) is 24.2 Å². The summed E-state index contributed by atoms with van der Waals surface area (Å²) in [6.45, 7) is 6.40. The lowest BCUT2D eigenvalue weighted by Crippen LogP contribution is -2.42. The third-order valence-corrected chi connectivity index (χ3v) is 6.21. The van der Waals surface area contributed by atoms with Gasteiger partial charge >= 0.3 is 6.03 Å². The van der Waals surface area contributed by atoms with Crippen LogP contribution in [0.4, 0.5) is 4.79 Å². The maximum atomic E-state index is 12.9. The second-order valence-electron chi connectivity index (χ2n) is 8.57. The minimum absolute atomic E-state index is 0.000785. The summed E-state index contributed by atoms with van der Waals surface area (Å²) in [6, 6.07) is 8.32. The van der Waals surface area contributed by atoms with Crippen molar-refractivity contribution in [1.82, 2.24) is 24.5 Å². The molecule has 0 spiro atoms. The number of urea groups is 1. The van der Waals surface area contributed by atoms with Gasteiger partial charge in [0.25, 0.3) is 0 Å². The molecule has 0 N–H and O–H groups in total. The van der Waals surface area contributed by atoms with Gasteiger partial charge in [-0.15, -0.1) is 0 Å². The van der Waals surface area contributed by atoms with E-state index in [-0.39, 0.29) is 30.4 Å². The van der Waals surface area contributed by atoms with Crippen LogP contribution in [-0.4, -0.2) is 70.1 Å². The summed E-state index contributed by atoms with van der Waals surface area (Å²) < 4.78 is 1.70. The predicted molar refractivity (Wildman–Crippen MR) is 110 cm³/mol. The normalized spacial score (nSPS) is 23.4. The number of benzene rings is 1. The van der Waals surface area contributed by atoms with Crippen LogP contribution >= 0.6 is 0 Å². The molecule has 2 saturated heterocycles. The van der Waals surface area contributed by atoms with Gasteiger partial charge in [0.05, 0.1) is 12.2 Å². The third kappa shape index (κ3) is 3.61. The van der Waals surface area contributed by atoms with Gasteiger partial charge in [0.15, 0.2) is 0 Å². The number of carbonyl (C=O) groups is 2. The Balaban J connectivity index is 1.56.